The van der Waals surface area contributed by atoms with Crippen LogP contribution in [0.5, 0.6) is 17.2 Å². The first-order valence-corrected chi connectivity index (χ1v) is 9.99. The third-order valence-electron chi connectivity index (χ3n) is 3.85. The zero-order valence-corrected chi connectivity index (χ0v) is 17.9. The molecule has 0 atom stereocenters. The number of nitrogens with one attached hydrogen (secondary N) is 1. The maximum absolute atomic E-state index is 11.9. The second kappa shape index (κ2) is 12.2. The molecule has 0 heterocycles. The Bertz CT molecular complexity index is 843. The van der Waals surface area contributed by atoms with Crippen molar-refractivity contribution in [2.45, 2.75) is 26.2 Å². The number of unbranched alkanes of at least 4 members (excludes halogenated alkanes) is 2. The molecule has 6 nitrogen and oxygen atoms in total. The molecule has 2 aromatic rings. The van der Waals surface area contributed by atoms with E-state index in [0.29, 0.717) is 33.9 Å². The molecule has 0 saturated heterocycles. The summed E-state index contributed by atoms with van der Waals surface area (Å²) < 4.78 is 16.5. The Morgan fingerprint density at radius 3 is 2.66 bits per heavy atom. The van der Waals surface area contributed by atoms with Crippen molar-refractivity contribution in [3.63, 3.8) is 0 Å². The fraction of sp³-hybridized carbons (Fsp3) is 0.333. The highest BCUT2D eigenvalue weighted by Crippen LogP contribution is 2.28. The van der Waals surface area contributed by atoms with Gasteiger partial charge in [0.25, 0.3) is 5.91 Å². The second-order valence-electron chi connectivity index (χ2n) is 6.12. The molecular weight excluding hydrogens is 415 g/mol. The quantitative estimate of drug-likeness (QED) is 0.301. The normalized spacial score (nSPS) is 10.8. The Kier molecular flexibility index (Phi) is 9.60. The predicted octanol–water partition coefficient (Wildman–Crippen LogP) is 5.10. The lowest BCUT2D eigenvalue weighted by Crippen LogP contribution is -2.24. The molecule has 0 saturated carbocycles. The molecule has 0 aliphatic carbocycles. The minimum atomic E-state index is -0.430. The van der Waals surface area contributed by atoms with Gasteiger partial charge in [0, 0.05) is 11.1 Å². The molecule has 156 valence electrons. The maximum Gasteiger partial charge on any atom is 0.277 e. The average Bonchev–Trinajstić information content (AvgIpc) is 2.72. The largest absolute Gasteiger partial charge is 0.493 e. The van der Waals surface area contributed by atoms with Gasteiger partial charge in [0.1, 0.15) is 5.75 Å². The predicted molar refractivity (Wildman–Crippen MR) is 116 cm³/mol. The molecule has 0 aliphatic rings. The van der Waals surface area contributed by atoms with Gasteiger partial charge in [-0.15, -0.1) is 0 Å². The lowest BCUT2D eigenvalue weighted by atomic mass is 10.2. The zero-order valence-electron chi connectivity index (χ0n) is 16.4. The van der Waals surface area contributed by atoms with E-state index in [4.69, 9.17) is 37.4 Å². The lowest BCUT2D eigenvalue weighted by molar-refractivity contribution is -0.123. The van der Waals surface area contributed by atoms with Crippen LogP contribution in [-0.2, 0) is 4.79 Å². The van der Waals surface area contributed by atoms with Crippen LogP contribution in [0.3, 0.4) is 0 Å². The summed E-state index contributed by atoms with van der Waals surface area (Å²) >= 11 is 11.9. The van der Waals surface area contributed by atoms with Crippen LogP contribution in [0.15, 0.2) is 41.5 Å². The molecule has 1 amide bonds. The SMILES string of the molecule is CCCCCOc1ccc(/C=N/NC(=O)COc2cc(Cl)ccc2Cl)cc1OC. The van der Waals surface area contributed by atoms with Crippen LogP contribution in [-0.4, -0.2) is 32.4 Å². The highest BCUT2D eigenvalue weighted by molar-refractivity contribution is 6.34. The van der Waals surface area contributed by atoms with Crippen LogP contribution in [0, 0.1) is 0 Å². The fourth-order valence-electron chi connectivity index (χ4n) is 2.36. The number of amides is 1. The van der Waals surface area contributed by atoms with E-state index in [9.17, 15) is 4.79 Å². The molecule has 1 N–H and O–H groups in total. The molecule has 0 fully saturated rings. The first kappa shape index (κ1) is 22.8. The van der Waals surface area contributed by atoms with Crippen molar-refractivity contribution in [3.05, 3.63) is 52.0 Å². The summed E-state index contributed by atoms with van der Waals surface area (Å²) in [5.74, 6) is 1.19. The maximum atomic E-state index is 11.9. The van der Waals surface area contributed by atoms with Crippen LogP contribution in [0.1, 0.15) is 31.7 Å². The van der Waals surface area contributed by atoms with Crippen molar-refractivity contribution in [2.75, 3.05) is 20.3 Å². The number of ether oxygens (including phenoxy) is 3. The van der Waals surface area contributed by atoms with Crippen molar-refractivity contribution in [1.82, 2.24) is 5.43 Å². The van der Waals surface area contributed by atoms with Crippen molar-refractivity contribution < 1.29 is 19.0 Å². The first-order valence-electron chi connectivity index (χ1n) is 9.24. The van der Waals surface area contributed by atoms with Gasteiger partial charge in [-0.25, -0.2) is 5.43 Å². The van der Waals surface area contributed by atoms with Crippen LogP contribution in [0.4, 0.5) is 0 Å². The molecule has 0 aromatic heterocycles. The second-order valence-corrected chi connectivity index (χ2v) is 6.97. The van der Waals surface area contributed by atoms with Gasteiger partial charge in [-0.3, -0.25) is 4.79 Å². The minimum absolute atomic E-state index is 0.245. The Morgan fingerprint density at radius 1 is 1.07 bits per heavy atom. The zero-order chi connectivity index (χ0) is 21.1. The summed E-state index contributed by atoms with van der Waals surface area (Å²) in [4.78, 5) is 11.9. The number of carbonyl (C=O) groups excluding carboxylic acids is 1. The summed E-state index contributed by atoms with van der Waals surface area (Å²) in [5.41, 5.74) is 3.14. The molecule has 8 heteroatoms. The molecule has 0 aliphatic heterocycles. The Hall–Kier alpha value is -2.44. The van der Waals surface area contributed by atoms with E-state index in [1.807, 2.05) is 12.1 Å². The van der Waals surface area contributed by atoms with Gasteiger partial charge in [0.05, 0.1) is 25.0 Å². The number of methoxy groups -OCH3 is 1. The van der Waals surface area contributed by atoms with Crippen LogP contribution >= 0.6 is 23.2 Å². The van der Waals surface area contributed by atoms with E-state index >= 15 is 0 Å². The number of hydrazone groups is 1. The monoisotopic (exact) mass is 438 g/mol. The molecule has 0 radical (unpaired) electrons. The van der Waals surface area contributed by atoms with Gasteiger partial charge in [0.15, 0.2) is 18.1 Å². The Balaban J connectivity index is 1.85. The molecular formula is C21H24Cl2N2O4. The van der Waals surface area contributed by atoms with Crippen molar-refractivity contribution in [3.8, 4) is 17.2 Å². The molecule has 2 aromatic carbocycles. The van der Waals surface area contributed by atoms with E-state index in [2.05, 4.69) is 17.5 Å². The summed E-state index contributed by atoms with van der Waals surface area (Å²) in [6, 6.07) is 10.2. The van der Waals surface area contributed by atoms with Gasteiger partial charge in [-0.05, 0) is 42.3 Å². The number of nitrogens with zero attached hydrogens (tertiary/aromatic N) is 1. The summed E-state index contributed by atoms with van der Waals surface area (Å²) in [5, 5.41) is 4.76. The van der Waals surface area contributed by atoms with Gasteiger partial charge < -0.3 is 14.2 Å². The topological polar surface area (TPSA) is 69.2 Å². The number of benzene rings is 2. The van der Waals surface area contributed by atoms with E-state index < -0.39 is 5.91 Å². The summed E-state index contributed by atoms with van der Waals surface area (Å²) in [6.45, 7) is 2.54. The van der Waals surface area contributed by atoms with E-state index in [-0.39, 0.29) is 6.61 Å². The smallest absolute Gasteiger partial charge is 0.277 e. The van der Waals surface area contributed by atoms with Gasteiger partial charge in [-0.2, -0.15) is 5.10 Å². The molecule has 0 spiro atoms. The number of hydrogen-bond acceptors (Lipinski definition) is 5. The van der Waals surface area contributed by atoms with Crippen molar-refractivity contribution in [1.29, 1.82) is 0 Å². The van der Waals surface area contributed by atoms with Crippen molar-refractivity contribution >= 4 is 35.3 Å². The molecule has 0 unspecified atom stereocenters. The molecule has 29 heavy (non-hydrogen) atoms. The molecule has 0 bridgehead atoms. The third-order valence-corrected chi connectivity index (χ3v) is 4.40. The third kappa shape index (κ3) is 7.83. The van der Waals surface area contributed by atoms with Crippen LogP contribution in [0.2, 0.25) is 10.0 Å². The van der Waals surface area contributed by atoms with E-state index in [0.717, 1.165) is 24.8 Å². The standard InChI is InChI=1S/C21H24Cl2N2O4/c1-3-4-5-10-28-18-9-6-15(11-20(18)27-2)13-24-25-21(26)14-29-19-12-16(22)7-8-17(19)23/h6-9,11-13H,3-5,10,14H2,1-2H3,(H,25,26)/b24-13+. The molecule has 2 rings (SSSR count). The van der Waals surface area contributed by atoms with Crippen LogP contribution < -0.4 is 19.6 Å². The van der Waals surface area contributed by atoms with E-state index in [1.165, 1.54) is 6.21 Å². The summed E-state index contributed by atoms with van der Waals surface area (Å²) in [6.07, 6.45) is 4.77. The van der Waals surface area contributed by atoms with Gasteiger partial charge >= 0.3 is 0 Å². The highest BCUT2D eigenvalue weighted by atomic mass is 35.5. The van der Waals surface area contributed by atoms with Gasteiger partial charge in [0.2, 0.25) is 0 Å². The fourth-order valence-corrected chi connectivity index (χ4v) is 2.69. The number of halogens is 2. The average molecular weight is 439 g/mol. The van der Waals surface area contributed by atoms with Gasteiger partial charge in [-0.1, -0.05) is 43.0 Å². The Morgan fingerprint density at radius 2 is 1.90 bits per heavy atom. The van der Waals surface area contributed by atoms with Crippen molar-refractivity contribution in [2.24, 2.45) is 5.10 Å². The first-order chi connectivity index (χ1) is 14.0. The van der Waals surface area contributed by atoms with E-state index in [1.54, 1.807) is 31.4 Å². The highest BCUT2D eigenvalue weighted by Gasteiger charge is 2.07. The number of carbonyl (C=O) groups is 1. The number of rotatable bonds is 11. The summed E-state index contributed by atoms with van der Waals surface area (Å²) in [7, 11) is 1.58. The van der Waals surface area contributed by atoms with Crippen LogP contribution in [0.25, 0.3) is 0 Å². The number of hydrogen-bond donors (Lipinski definition) is 1. The minimum Gasteiger partial charge on any atom is -0.493 e. The Labute approximate surface area is 180 Å². The lowest BCUT2D eigenvalue weighted by Gasteiger charge is -2.11.